The minimum absolute atomic E-state index is 0.00489. The number of halogens is 2. The summed E-state index contributed by atoms with van der Waals surface area (Å²) >= 11 is 13.6. The van der Waals surface area contributed by atoms with Gasteiger partial charge in [0.2, 0.25) is 0 Å². The van der Waals surface area contributed by atoms with Crippen molar-refractivity contribution in [3.8, 4) is 22.6 Å². The molecule has 47 heavy (non-hydrogen) atoms. The summed E-state index contributed by atoms with van der Waals surface area (Å²) in [7, 11) is 6.85. The van der Waals surface area contributed by atoms with Crippen LogP contribution in [-0.4, -0.2) is 60.1 Å². The lowest BCUT2D eigenvalue weighted by Crippen LogP contribution is -2.26. The summed E-state index contributed by atoms with van der Waals surface area (Å²) in [5.74, 6) is 1.15. The van der Waals surface area contributed by atoms with Crippen LogP contribution in [0.15, 0.2) is 90.1 Å². The second-order valence-electron chi connectivity index (χ2n) is 11.2. The number of hydrogen-bond acceptors (Lipinski definition) is 8. The highest BCUT2D eigenvalue weighted by molar-refractivity contribution is 6.41. The Kier molecular flexibility index (Phi) is 10.6. The van der Waals surface area contributed by atoms with E-state index in [4.69, 9.17) is 32.7 Å². The quantitative estimate of drug-likeness (QED) is 0.137. The van der Waals surface area contributed by atoms with Crippen molar-refractivity contribution >= 4 is 51.4 Å². The maximum Gasteiger partial charge on any atom is 0.259 e. The molecule has 0 aliphatic rings. The Morgan fingerprint density at radius 1 is 1.02 bits per heavy atom. The highest BCUT2D eigenvalue weighted by Crippen LogP contribution is 2.45. The first kappa shape index (κ1) is 33.7. The Balaban J connectivity index is 1.68. The highest BCUT2D eigenvalue weighted by atomic mass is 35.5. The summed E-state index contributed by atoms with van der Waals surface area (Å²) in [5.41, 5.74) is 3.26. The number of ketones is 1. The number of fused-ring (bicyclic) bond motifs is 1. The Hall–Kier alpha value is -4.70. The number of aromatic nitrogens is 3. The number of anilines is 2. The SMILES string of the molecule is COc1cc(OC)c(Cl)c(-c2cc3cnc(Nc4cccnc4)cc3n(C(C)c3cccc(CC(=O)/C=C/CN(C)C)c3)c2=O)c1Cl. The predicted octanol–water partition coefficient (Wildman–Crippen LogP) is 7.36. The van der Waals surface area contributed by atoms with Crippen molar-refractivity contribution < 1.29 is 14.3 Å². The van der Waals surface area contributed by atoms with Gasteiger partial charge in [-0.15, -0.1) is 0 Å². The molecule has 0 radical (unpaired) electrons. The molecule has 5 rings (SSSR count). The summed E-state index contributed by atoms with van der Waals surface area (Å²) in [6.07, 6.45) is 8.75. The molecule has 242 valence electrons. The maximum atomic E-state index is 14.7. The molecule has 0 spiro atoms. The van der Waals surface area contributed by atoms with E-state index in [1.807, 2.05) is 74.5 Å². The molecule has 0 bridgehead atoms. The minimum Gasteiger partial charge on any atom is -0.495 e. The van der Waals surface area contributed by atoms with Crippen molar-refractivity contribution in [2.24, 2.45) is 0 Å². The smallest absolute Gasteiger partial charge is 0.259 e. The van der Waals surface area contributed by atoms with Gasteiger partial charge in [-0.2, -0.15) is 0 Å². The van der Waals surface area contributed by atoms with Crippen molar-refractivity contribution in [1.29, 1.82) is 0 Å². The average Bonchev–Trinajstić information content (AvgIpc) is 3.05. The van der Waals surface area contributed by atoms with E-state index in [1.165, 1.54) is 14.2 Å². The van der Waals surface area contributed by atoms with Gasteiger partial charge >= 0.3 is 0 Å². The van der Waals surface area contributed by atoms with Gasteiger partial charge in [0.25, 0.3) is 5.56 Å². The van der Waals surface area contributed by atoms with Gasteiger partial charge in [-0.05, 0) is 56.4 Å². The minimum atomic E-state index is -0.469. The van der Waals surface area contributed by atoms with Crippen LogP contribution < -0.4 is 20.3 Å². The van der Waals surface area contributed by atoms with Crippen molar-refractivity contribution in [2.45, 2.75) is 19.4 Å². The second-order valence-corrected chi connectivity index (χ2v) is 12.0. The maximum absolute atomic E-state index is 14.7. The average molecular weight is 673 g/mol. The lowest BCUT2D eigenvalue weighted by atomic mass is 9.99. The third-order valence-electron chi connectivity index (χ3n) is 7.67. The fraction of sp³-hybridized carbons (Fsp3) is 0.222. The number of nitrogens with one attached hydrogen (secondary N) is 1. The van der Waals surface area contributed by atoms with Crippen molar-refractivity contribution in [2.75, 3.05) is 40.2 Å². The fourth-order valence-corrected chi connectivity index (χ4v) is 6.04. The van der Waals surface area contributed by atoms with Gasteiger partial charge < -0.3 is 24.3 Å². The number of likely N-dealkylation sites (N-methyl/N-ethyl adjacent to an activating group) is 1. The van der Waals surface area contributed by atoms with Crippen LogP contribution in [0.25, 0.3) is 22.0 Å². The lowest BCUT2D eigenvalue weighted by Gasteiger charge is -2.22. The molecule has 1 N–H and O–H groups in total. The van der Waals surface area contributed by atoms with E-state index in [1.54, 1.807) is 41.4 Å². The second kappa shape index (κ2) is 14.8. The molecule has 3 heterocycles. The molecule has 11 heteroatoms. The largest absolute Gasteiger partial charge is 0.495 e. The molecule has 1 unspecified atom stereocenters. The van der Waals surface area contributed by atoms with E-state index in [0.29, 0.717) is 40.3 Å². The molecule has 3 aromatic heterocycles. The Bertz CT molecular complexity index is 1980. The first-order valence-corrected chi connectivity index (χ1v) is 15.6. The number of carbonyl (C=O) groups excluding carboxylic acids is 1. The Morgan fingerprint density at radius 2 is 1.77 bits per heavy atom. The molecule has 5 aromatic rings. The Labute approximate surface area is 283 Å². The van der Waals surface area contributed by atoms with E-state index in [0.717, 1.165) is 16.8 Å². The first-order chi connectivity index (χ1) is 22.6. The highest BCUT2D eigenvalue weighted by Gasteiger charge is 2.25. The van der Waals surface area contributed by atoms with Gasteiger partial charge in [0.1, 0.15) is 17.3 Å². The number of carbonyl (C=O) groups is 1. The number of allylic oxidation sites excluding steroid dienone is 1. The third-order valence-corrected chi connectivity index (χ3v) is 8.42. The van der Waals surface area contributed by atoms with E-state index < -0.39 is 6.04 Å². The zero-order chi connectivity index (χ0) is 33.7. The van der Waals surface area contributed by atoms with Crippen LogP contribution in [0.3, 0.4) is 0 Å². The van der Waals surface area contributed by atoms with Crippen LogP contribution in [-0.2, 0) is 11.2 Å². The van der Waals surface area contributed by atoms with E-state index in [2.05, 4.69) is 15.3 Å². The van der Waals surface area contributed by atoms with Gasteiger partial charge in [-0.3, -0.25) is 14.6 Å². The van der Waals surface area contributed by atoms with Gasteiger partial charge in [0, 0.05) is 48.4 Å². The first-order valence-electron chi connectivity index (χ1n) is 14.9. The number of methoxy groups -OCH3 is 2. The predicted molar refractivity (Wildman–Crippen MR) is 189 cm³/mol. The summed E-state index contributed by atoms with van der Waals surface area (Å²) < 4.78 is 12.7. The molecule has 0 saturated carbocycles. The molecule has 1 atom stereocenters. The van der Waals surface area contributed by atoms with Crippen LogP contribution in [0.5, 0.6) is 11.5 Å². The molecule has 0 fully saturated rings. The summed E-state index contributed by atoms with van der Waals surface area (Å²) in [4.78, 5) is 38.1. The van der Waals surface area contributed by atoms with Gasteiger partial charge in [-0.1, -0.05) is 53.5 Å². The topological polar surface area (TPSA) is 98.6 Å². The van der Waals surface area contributed by atoms with Crippen LogP contribution in [0, 0.1) is 0 Å². The third kappa shape index (κ3) is 7.49. The number of hydrogen-bond donors (Lipinski definition) is 1. The summed E-state index contributed by atoms with van der Waals surface area (Å²) in [5, 5.41) is 4.30. The van der Waals surface area contributed by atoms with Crippen LogP contribution in [0.4, 0.5) is 11.5 Å². The molecule has 2 aromatic carbocycles. The normalized spacial score (nSPS) is 12.1. The number of ether oxygens (including phenoxy) is 2. The zero-order valence-corrected chi connectivity index (χ0v) is 28.3. The number of rotatable bonds is 12. The fourth-order valence-electron chi connectivity index (χ4n) is 5.34. The van der Waals surface area contributed by atoms with Crippen molar-refractivity contribution in [3.63, 3.8) is 0 Å². The monoisotopic (exact) mass is 671 g/mol. The van der Waals surface area contributed by atoms with Gasteiger partial charge in [0.15, 0.2) is 5.78 Å². The molecular formula is C36H35Cl2N5O4. The molecule has 9 nitrogen and oxygen atoms in total. The van der Waals surface area contributed by atoms with Crippen LogP contribution >= 0.6 is 23.2 Å². The molecule has 0 saturated heterocycles. The van der Waals surface area contributed by atoms with E-state index in [-0.39, 0.29) is 33.4 Å². The van der Waals surface area contributed by atoms with Crippen LogP contribution in [0.1, 0.15) is 24.1 Å². The van der Waals surface area contributed by atoms with Crippen LogP contribution in [0.2, 0.25) is 10.0 Å². The number of pyridine rings is 3. The van der Waals surface area contributed by atoms with E-state index in [9.17, 15) is 9.59 Å². The van der Waals surface area contributed by atoms with Crippen molar-refractivity contribution in [1.82, 2.24) is 19.4 Å². The molecule has 0 amide bonds. The molecular weight excluding hydrogens is 637 g/mol. The standard InChI is InChI=1S/C36H35Cl2N5O4/c1-22(24-10-6-9-23(15-24)16-27(44)12-8-14-42(2)3)43-29-18-32(41-26-11-7-13-39-21-26)40-20-25(29)17-28(36(43)45)33-34(37)30(46-4)19-31(47-5)35(33)38/h6-13,15,17-22H,14,16H2,1-5H3,(H,40,41)/b12-8+. The Morgan fingerprint density at radius 3 is 2.43 bits per heavy atom. The van der Waals surface area contributed by atoms with Gasteiger partial charge in [0.05, 0.1) is 53.3 Å². The van der Waals surface area contributed by atoms with E-state index >= 15 is 0 Å². The van der Waals surface area contributed by atoms with Gasteiger partial charge in [-0.25, -0.2) is 4.98 Å². The molecule has 0 aliphatic carbocycles. The number of benzene rings is 2. The summed E-state index contributed by atoms with van der Waals surface area (Å²) in [6, 6.07) is 16.1. The van der Waals surface area contributed by atoms with Crippen molar-refractivity contribution in [3.05, 3.63) is 117 Å². The molecule has 0 aliphatic heterocycles. The zero-order valence-electron chi connectivity index (χ0n) is 26.8. The number of nitrogens with zero attached hydrogens (tertiary/aromatic N) is 4. The summed E-state index contributed by atoms with van der Waals surface area (Å²) in [6.45, 7) is 2.61. The lowest BCUT2D eigenvalue weighted by molar-refractivity contribution is -0.114.